The number of carbonyl (C=O) groups is 2. The smallest absolute Gasteiger partial charge is 0.444 e. The Balaban J connectivity index is 1.95. The predicted molar refractivity (Wildman–Crippen MR) is 130 cm³/mol. The van der Waals surface area contributed by atoms with Gasteiger partial charge in [0, 0.05) is 31.1 Å². The van der Waals surface area contributed by atoms with Crippen LogP contribution in [-0.4, -0.2) is 64.9 Å². The summed E-state index contributed by atoms with van der Waals surface area (Å²) < 4.78 is 18.0. The van der Waals surface area contributed by atoms with Crippen LogP contribution in [0.25, 0.3) is 0 Å². The zero-order valence-electron chi connectivity index (χ0n) is 21.2. The number of benzene rings is 1. The van der Waals surface area contributed by atoms with Crippen molar-refractivity contribution in [3.63, 3.8) is 0 Å². The highest BCUT2D eigenvalue weighted by Gasteiger charge is 2.52. The third-order valence-corrected chi connectivity index (χ3v) is 6.84. The van der Waals surface area contributed by atoms with Gasteiger partial charge in [-0.05, 0) is 78.5 Å². The number of hydrogen-bond acceptors (Lipinski definition) is 5. The van der Waals surface area contributed by atoms with Gasteiger partial charge in [-0.3, -0.25) is 4.79 Å². The fraction of sp³-hybridized carbons (Fsp3) is 0.667. The number of piperazine rings is 1. The maximum atomic E-state index is 12.9. The van der Waals surface area contributed by atoms with E-state index in [9.17, 15) is 9.59 Å². The lowest BCUT2D eigenvalue weighted by atomic mass is 9.77. The SMILES string of the molecule is CC(=O)N1C[C@H](C)N(C(=O)OC(C)(C)C)C[C@H]1c1cc(Cl)cc(B2OC(C)(C)C(C)(C)O2)c1. The Morgan fingerprint density at radius 1 is 1.06 bits per heavy atom. The van der Waals surface area contributed by atoms with Gasteiger partial charge in [0.05, 0.1) is 17.2 Å². The Kier molecular flexibility index (Phi) is 6.88. The maximum Gasteiger partial charge on any atom is 0.494 e. The summed E-state index contributed by atoms with van der Waals surface area (Å²) in [5.74, 6) is -0.0622. The highest BCUT2D eigenvalue weighted by Crippen LogP contribution is 2.37. The normalized spacial score (nSPS) is 24.7. The van der Waals surface area contributed by atoms with Gasteiger partial charge < -0.3 is 23.8 Å². The molecule has 0 saturated carbocycles. The van der Waals surface area contributed by atoms with Crippen LogP contribution < -0.4 is 5.46 Å². The summed E-state index contributed by atoms with van der Waals surface area (Å²) in [4.78, 5) is 28.9. The summed E-state index contributed by atoms with van der Waals surface area (Å²) in [5, 5.41) is 0.517. The average Bonchev–Trinajstić information content (AvgIpc) is 2.86. The first-order valence-corrected chi connectivity index (χ1v) is 11.8. The van der Waals surface area contributed by atoms with Crippen molar-refractivity contribution in [3.05, 3.63) is 28.8 Å². The molecule has 2 amide bonds. The average molecular weight is 479 g/mol. The van der Waals surface area contributed by atoms with Crippen molar-refractivity contribution in [1.82, 2.24) is 9.80 Å². The van der Waals surface area contributed by atoms with Crippen LogP contribution in [0.5, 0.6) is 0 Å². The van der Waals surface area contributed by atoms with Crippen LogP contribution in [0.15, 0.2) is 18.2 Å². The van der Waals surface area contributed by atoms with Crippen molar-refractivity contribution in [3.8, 4) is 0 Å². The van der Waals surface area contributed by atoms with Crippen LogP contribution in [0, 0.1) is 0 Å². The maximum absolute atomic E-state index is 12.9. The molecular formula is C24H36BClN2O5. The molecule has 1 aromatic rings. The molecule has 0 radical (unpaired) electrons. The van der Waals surface area contributed by atoms with E-state index >= 15 is 0 Å². The number of nitrogens with zero attached hydrogens (tertiary/aromatic N) is 2. The molecular weight excluding hydrogens is 443 g/mol. The fourth-order valence-electron chi connectivity index (χ4n) is 4.13. The van der Waals surface area contributed by atoms with Crippen molar-refractivity contribution in [2.24, 2.45) is 0 Å². The molecule has 2 aliphatic rings. The molecule has 1 aromatic carbocycles. The largest absolute Gasteiger partial charge is 0.494 e. The molecule has 3 rings (SSSR count). The minimum atomic E-state index is -0.607. The van der Waals surface area contributed by atoms with E-state index in [1.54, 1.807) is 16.7 Å². The van der Waals surface area contributed by atoms with E-state index in [-0.39, 0.29) is 18.0 Å². The summed E-state index contributed by atoms with van der Waals surface area (Å²) in [5.41, 5.74) is 0.0212. The lowest BCUT2D eigenvalue weighted by Gasteiger charge is -2.45. The summed E-state index contributed by atoms with van der Waals surface area (Å²) >= 11 is 6.51. The topological polar surface area (TPSA) is 68.3 Å². The lowest BCUT2D eigenvalue weighted by molar-refractivity contribution is -0.135. The first-order chi connectivity index (χ1) is 15.0. The number of carbonyl (C=O) groups excluding carboxylic acids is 2. The van der Waals surface area contributed by atoms with Crippen LogP contribution in [-0.2, 0) is 18.8 Å². The molecule has 33 heavy (non-hydrogen) atoms. The van der Waals surface area contributed by atoms with Gasteiger partial charge >= 0.3 is 13.2 Å². The molecule has 2 atom stereocenters. The molecule has 182 valence electrons. The van der Waals surface area contributed by atoms with Crippen molar-refractivity contribution < 1.29 is 23.6 Å². The van der Waals surface area contributed by atoms with Crippen LogP contribution >= 0.6 is 11.6 Å². The van der Waals surface area contributed by atoms with Gasteiger partial charge in [-0.1, -0.05) is 17.7 Å². The molecule has 2 aliphatic heterocycles. The van der Waals surface area contributed by atoms with Crippen molar-refractivity contribution in [1.29, 1.82) is 0 Å². The molecule has 9 heteroatoms. The molecule has 0 spiro atoms. The van der Waals surface area contributed by atoms with E-state index in [2.05, 4.69) is 0 Å². The first-order valence-electron chi connectivity index (χ1n) is 11.4. The van der Waals surface area contributed by atoms with Crippen molar-refractivity contribution in [2.45, 2.75) is 91.2 Å². The van der Waals surface area contributed by atoms with Gasteiger partial charge in [-0.2, -0.15) is 0 Å². The van der Waals surface area contributed by atoms with E-state index in [0.29, 0.717) is 18.1 Å². The summed E-state index contributed by atoms with van der Waals surface area (Å²) in [7, 11) is -0.581. The number of amides is 2. The zero-order valence-corrected chi connectivity index (χ0v) is 21.9. The van der Waals surface area contributed by atoms with Gasteiger partial charge in [-0.15, -0.1) is 0 Å². The zero-order chi connectivity index (χ0) is 24.9. The molecule has 2 fully saturated rings. The number of halogens is 1. The molecule has 2 heterocycles. The van der Waals surface area contributed by atoms with E-state index in [1.807, 2.05) is 73.6 Å². The summed E-state index contributed by atoms with van der Waals surface area (Å²) in [6.07, 6.45) is -0.392. The quantitative estimate of drug-likeness (QED) is 0.597. The minimum Gasteiger partial charge on any atom is -0.444 e. The molecule has 0 bridgehead atoms. The minimum absolute atomic E-state index is 0.0622. The van der Waals surface area contributed by atoms with E-state index < -0.39 is 30.0 Å². The predicted octanol–water partition coefficient (Wildman–Crippen LogP) is 4.17. The monoisotopic (exact) mass is 478 g/mol. The first kappa shape index (κ1) is 25.9. The number of rotatable bonds is 2. The molecule has 2 saturated heterocycles. The summed E-state index contributed by atoms with van der Waals surface area (Å²) in [6, 6.07) is 5.06. The van der Waals surface area contributed by atoms with Gasteiger partial charge in [0.1, 0.15) is 5.60 Å². The van der Waals surface area contributed by atoms with E-state index in [0.717, 1.165) is 11.0 Å². The standard InChI is InChI=1S/C24H36BClN2O5/c1-15-13-28(16(2)29)20(14-27(15)21(30)31-22(3,4)5)17-10-18(12-19(26)11-17)25-32-23(6,7)24(8,9)33-25/h10-12,15,20H,13-14H2,1-9H3/t15-,20-/m0/s1. The number of ether oxygens (including phenoxy) is 1. The Bertz CT molecular complexity index is 914. The van der Waals surface area contributed by atoms with Gasteiger partial charge in [0.15, 0.2) is 0 Å². The Labute approximate surface area is 202 Å². The van der Waals surface area contributed by atoms with Crippen LogP contribution in [0.2, 0.25) is 5.02 Å². The molecule has 0 N–H and O–H groups in total. The molecule has 7 nitrogen and oxygen atoms in total. The van der Waals surface area contributed by atoms with Gasteiger partial charge in [-0.25, -0.2) is 4.79 Å². The van der Waals surface area contributed by atoms with Gasteiger partial charge in [0.25, 0.3) is 0 Å². The second-order valence-electron chi connectivity index (χ2n) is 11.1. The van der Waals surface area contributed by atoms with Gasteiger partial charge in [0.2, 0.25) is 5.91 Å². The van der Waals surface area contributed by atoms with E-state index in [1.165, 1.54) is 0 Å². The number of hydrogen-bond donors (Lipinski definition) is 0. The molecule has 0 unspecified atom stereocenters. The summed E-state index contributed by atoms with van der Waals surface area (Å²) in [6.45, 7) is 17.7. The Hall–Kier alpha value is -1.77. The highest BCUT2D eigenvalue weighted by atomic mass is 35.5. The van der Waals surface area contributed by atoms with Crippen molar-refractivity contribution in [2.75, 3.05) is 13.1 Å². The third-order valence-electron chi connectivity index (χ3n) is 6.62. The van der Waals surface area contributed by atoms with Crippen LogP contribution in [0.4, 0.5) is 4.79 Å². The second-order valence-corrected chi connectivity index (χ2v) is 11.5. The highest BCUT2D eigenvalue weighted by molar-refractivity contribution is 6.62. The Morgan fingerprint density at radius 2 is 1.64 bits per heavy atom. The second kappa shape index (κ2) is 8.79. The molecule has 0 aliphatic carbocycles. The molecule has 0 aromatic heterocycles. The van der Waals surface area contributed by atoms with Crippen LogP contribution in [0.1, 0.15) is 73.9 Å². The van der Waals surface area contributed by atoms with E-state index in [4.69, 9.17) is 25.6 Å². The third kappa shape index (κ3) is 5.49. The lowest BCUT2D eigenvalue weighted by Crippen LogP contribution is -2.57. The van der Waals surface area contributed by atoms with Crippen LogP contribution in [0.3, 0.4) is 0 Å². The van der Waals surface area contributed by atoms with Crippen molar-refractivity contribution >= 4 is 36.2 Å². The fourth-order valence-corrected chi connectivity index (χ4v) is 4.38. The Morgan fingerprint density at radius 3 is 2.15 bits per heavy atom.